The molecule has 3 N–H and O–H groups in total. The topological polar surface area (TPSA) is 95.9 Å². The molecule has 2 atom stereocenters. The molecule has 0 heterocycles. The highest BCUT2D eigenvalue weighted by molar-refractivity contribution is 5.76. The minimum Gasteiger partial charge on any atom is -0.466 e. The van der Waals surface area contributed by atoms with Gasteiger partial charge in [0.1, 0.15) is 0 Å². The van der Waals surface area contributed by atoms with Crippen LogP contribution in [0.3, 0.4) is 0 Å². The minimum absolute atomic E-state index is 0.0128. The van der Waals surface area contributed by atoms with Crippen molar-refractivity contribution in [2.45, 2.75) is 309 Å². The molecule has 0 saturated carbocycles. The van der Waals surface area contributed by atoms with Crippen LogP contribution < -0.4 is 5.32 Å². The van der Waals surface area contributed by atoms with Gasteiger partial charge in [-0.3, -0.25) is 9.59 Å². The summed E-state index contributed by atoms with van der Waals surface area (Å²) in [5.41, 5.74) is 0. The number of aliphatic hydroxyl groups excluding tert-OH is 2. The van der Waals surface area contributed by atoms with Gasteiger partial charge in [-0.25, -0.2) is 0 Å². The summed E-state index contributed by atoms with van der Waals surface area (Å²) >= 11 is 0. The lowest BCUT2D eigenvalue weighted by Crippen LogP contribution is -2.45. The number of ether oxygens (including phenoxy) is 1. The molecule has 6 heteroatoms. The minimum atomic E-state index is -0.675. The highest BCUT2D eigenvalue weighted by Crippen LogP contribution is 2.17. The van der Waals surface area contributed by atoms with Crippen molar-refractivity contribution >= 4 is 11.9 Å². The number of nitrogens with one attached hydrogen (secondary N) is 1. The van der Waals surface area contributed by atoms with Crippen LogP contribution in [0.5, 0.6) is 0 Å². The van der Waals surface area contributed by atoms with Gasteiger partial charge in [0.2, 0.25) is 5.91 Å². The van der Waals surface area contributed by atoms with E-state index >= 15 is 0 Å². The van der Waals surface area contributed by atoms with Gasteiger partial charge in [0.25, 0.3) is 0 Å². The maximum Gasteiger partial charge on any atom is 0.305 e. The van der Waals surface area contributed by atoms with Gasteiger partial charge in [-0.2, -0.15) is 0 Å². The van der Waals surface area contributed by atoms with E-state index in [0.717, 1.165) is 64.2 Å². The van der Waals surface area contributed by atoms with Gasteiger partial charge >= 0.3 is 5.97 Å². The Morgan fingerprint density at radius 3 is 1.18 bits per heavy atom. The molecule has 0 saturated heterocycles. The molecule has 366 valence electrons. The zero-order chi connectivity index (χ0) is 45.1. The molecule has 0 radical (unpaired) electrons. The highest BCUT2D eigenvalue weighted by Gasteiger charge is 2.20. The van der Waals surface area contributed by atoms with Crippen molar-refractivity contribution in [1.82, 2.24) is 5.32 Å². The summed E-state index contributed by atoms with van der Waals surface area (Å²) in [6.07, 6.45) is 61.5. The van der Waals surface area contributed by atoms with Gasteiger partial charge in [0.15, 0.2) is 0 Å². The van der Waals surface area contributed by atoms with Gasteiger partial charge in [-0.15, -0.1) is 0 Å². The quantitative estimate of drug-likeness (QED) is 0.0321. The number of esters is 1. The number of allylic oxidation sites excluding steroid dienone is 4. The summed E-state index contributed by atoms with van der Waals surface area (Å²) in [5, 5.41) is 23.3. The first-order valence-electron chi connectivity index (χ1n) is 27.6. The number of carbonyl (C=O) groups is 2. The first-order chi connectivity index (χ1) is 30.5. The molecule has 0 bridgehead atoms. The SMILES string of the molecule is CCCCC/C=C\CCCCCCCC(=O)OCCCCCCCCC/C=C\CCCCCCCC(=O)NC(CO)C(O)CCCCCCCCCCCCCCCCCCC. The van der Waals surface area contributed by atoms with E-state index in [4.69, 9.17) is 4.74 Å². The maximum atomic E-state index is 12.5. The molecule has 2 unspecified atom stereocenters. The Bertz CT molecular complexity index is 966. The molecule has 0 aromatic heterocycles. The number of hydrogen-bond acceptors (Lipinski definition) is 5. The molecule has 0 fully saturated rings. The lowest BCUT2D eigenvalue weighted by molar-refractivity contribution is -0.143. The second-order valence-electron chi connectivity index (χ2n) is 18.9. The average Bonchev–Trinajstić information content (AvgIpc) is 3.27. The van der Waals surface area contributed by atoms with E-state index in [9.17, 15) is 19.8 Å². The third-order valence-electron chi connectivity index (χ3n) is 12.7. The zero-order valence-electron chi connectivity index (χ0n) is 41.6. The number of unbranched alkanes of at least 4 members (excludes halogenated alkanes) is 36. The normalized spacial score (nSPS) is 12.8. The van der Waals surface area contributed by atoms with Crippen molar-refractivity contribution in [2.24, 2.45) is 0 Å². The third kappa shape index (κ3) is 47.8. The smallest absolute Gasteiger partial charge is 0.305 e. The Kier molecular flexibility index (Phi) is 50.6. The number of rotatable bonds is 51. The molecule has 0 aliphatic carbocycles. The fraction of sp³-hybridized carbons (Fsp3) is 0.893. The van der Waals surface area contributed by atoms with Gasteiger partial charge in [-0.05, 0) is 77.0 Å². The monoisotopic (exact) mass is 874 g/mol. The molecule has 0 aliphatic rings. The molecule has 0 spiro atoms. The number of hydrogen-bond donors (Lipinski definition) is 3. The van der Waals surface area contributed by atoms with Gasteiger partial charge in [0, 0.05) is 12.8 Å². The number of aliphatic hydroxyl groups is 2. The molecular weight excluding hydrogens is 767 g/mol. The summed E-state index contributed by atoms with van der Waals surface area (Å²) in [6, 6.07) is -0.554. The van der Waals surface area contributed by atoms with Crippen molar-refractivity contribution in [2.75, 3.05) is 13.2 Å². The Labute approximate surface area is 386 Å². The van der Waals surface area contributed by atoms with Crippen LogP contribution in [0.4, 0.5) is 0 Å². The van der Waals surface area contributed by atoms with E-state index < -0.39 is 12.1 Å². The second kappa shape index (κ2) is 52.0. The lowest BCUT2D eigenvalue weighted by Gasteiger charge is -2.22. The van der Waals surface area contributed by atoms with E-state index in [1.807, 2.05) is 0 Å². The molecule has 0 aromatic rings. The summed E-state index contributed by atoms with van der Waals surface area (Å²) in [5.74, 6) is -0.0637. The van der Waals surface area contributed by atoms with E-state index in [-0.39, 0.29) is 18.5 Å². The number of carbonyl (C=O) groups excluding carboxylic acids is 2. The summed E-state index contributed by atoms with van der Waals surface area (Å²) in [4.78, 5) is 24.5. The van der Waals surface area contributed by atoms with E-state index in [1.54, 1.807) is 0 Å². The Balaban J connectivity index is 3.48. The van der Waals surface area contributed by atoms with Crippen molar-refractivity contribution < 1.29 is 24.5 Å². The fourth-order valence-corrected chi connectivity index (χ4v) is 8.45. The van der Waals surface area contributed by atoms with Gasteiger partial charge in [0.05, 0.1) is 25.4 Å². The third-order valence-corrected chi connectivity index (χ3v) is 12.7. The molecular formula is C56H107NO5. The predicted molar refractivity (Wildman–Crippen MR) is 269 cm³/mol. The molecule has 1 amide bonds. The number of amides is 1. The fourth-order valence-electron chi connectivity index (χ4n) is 8.45. The Morgan fingerprint density at radius 2 is 0.758 bits per heavy atom. The van der Waals surface area contributed by atoms with Crippen LogP contribution in [-0.4, -0.2) is 47.4 Å². The van der Waals surface area contributed by atoms with E-state index in [2.05, 4.69) is 43.5 Å². The van der Waals surface area contributed by atoms with Gasteiger partial charge in [-0.1, -0.05) is 231 Å². The summed E-state index contributed by atoms with van der Waals surface area (Å²) in [6.45, 7) is 4.91. The zero-order valence-corrected chi connectivity index (χ0v) is 41.6. The molecule has 0 rings (SSSR count). The standard InChI is InChI=1S/C56H107NO5/c1-3-5-7-9-11-13-15-17-18-19-22-25-28-32-36-40-44-48-54(59)53(52-58)57-55(60)49-45-41-37-33-29-26-23-20-21-24-27-31-35-39-43-47-51-62-56(61)50-46-42-38-34-30-16-14-12-10-8-6-4-2/h12,14,20,23,53-54,58-59H,3-11,13,15-19,21-22,24-52H2,1-2H3,(H,57,60)/b14-12-,23-20-. The first kappa shape index (κ1) is 60.3. The Morgan fingerprint density at radius 1 is 0.435 bits per heavy atom. The molecule has 0 aliphatic heterocycles. The van der Waals surface area contributed by atoms with Crippen molar-refractivity contribution in [3.05, 3.63) is 24.3 Å². The van der Waals surface area contributed by atoms with Crippen molar-refractivity contribution in [1.29, 1.82) is 0 Å². The summed E-state index contributed by atoms with van der Waals surface area (Å²) < 4.78 is 5.45. The first-order valence-corrected chi connectivity index (χ1v) is 27.6. The van der Waals surface area contributed by atoms with Crippen molar-refractivity contribution in [3.63, 3.8) is 0 Å². The van der Waals surface area contributed by atoms with Crippen LogP contribution >= 0.6 is 0 Å². The van der Waals surface area contributed by atoms with E-state index in [0.29, 0.717) is 25.9 Å². The molecule has 0 aromatic carbocycles. The molecule has 62 heavy (non-hydrogen) atoms. The van der Waals surface area contributed by atoms with E-state index in [1.165, 1.54) is 199 Å². The van der Waals surface area contributed by atoms with Crippen LogP contribution in [0, 0.1) is 0 Å². The molecule has 6 nitrogen and oxygen atoms in total. The van der Waals surface area contributed by atoms with Crippen LogP contribution in [-0.2, 0) is 14.3 Å². The summed E-state index contributed by atoms with van der Waals surface area (Å²) in [7, 11) is 0. The van der Waals surface area contributed by atoms with Crippen LogP contribution in [0.1, 0.15) is 296 Å². The van der Waals surface area contributed by atoms with Crippen LogP contribution in [0.15, 0.2) is 24.3 Å². The Hall–Kier alpha value is -1.66. The largest absolute Gasteiger partial charge is 0.466 e. The average molecular weight is 874 g/mol. The second-order valence-corrected chi connectivity index (χ2v) is 18.9. The van der Waals surface area contributed by atoms with Gasteiger partial charge < -0.3 is 20.3 Å². The van der Waals surface area contributed by atoms with Crippen molar-refractivity contribution in [3.8, 4) is 0 Å². The van der Waals surface area contributed by atoms with Crippen LogP contribution in [0.25, 0.3) is 0 Å². The van der Waals surface area contributed by atoms with Crippen LogP contribution in [0.2, 0.25) is 0 Å². The highest BCUT2D eigenvalue weighted by atomic mass is 16.5. The maximum absolute atomic E-state index is 12.5. The predicted octanol–water partition coefficient (Wildman–Crippen LogP) is 16.7. The lowest BCUT2D eigenvalue weighted by atomic mass is 10.0.